The summed E-state index contributed by atoms with van der Waals surface area (Å²) in [5.41, 5.74) is 5.93. The number of nitrogens with zero attached hydrogens (tertiary/aromatic N) is 1. The van der Waals surface area contributed by atoms with Gasteiger partial charge in [0.1, 0.15) is 5.75 Å². The Kier molecular flexibility index (Phi) is 5.32. The number of primary amides is 1. The van der Waals surface area contributed by atoms with Crippen molar-refractivity contribution in [3.05, 3.63) is 29.8 Å². The average molecular weight is 265 g/mol. The van der Waals surface area contributed by atoms with Gasteiger partial charge in [0.05, 0.1) is 13.2 Å². The van der Waals surface area contributed by atoms with Crippen molar-refractivity contribution >= 4 is 11.9 Å². The van der Waals surface area contributed by atoms with Crippen LogP contribution in [0.5, 0.6) is 5.75 Å². The summed E-state index contributed by atoms with van der Waals surface area (Å²) in [7, 11) is 3.40. The molecule has 0 saturated carbocycles. The van der Waals surface area contributed by atoms with Crippen LogP contribution in [-0.2, 0) is 11.3 Å². The second-order valence-electron chi connectivity index (χ2n) is 4.30. The maximum atomic E-state index is 11.6. The van der Waals surface area contributed by atoms with Crippen molar-refractivity contribution in [1.82, 2.24) is 10.2 Å². The highest BCUT2D eigenvalue weighted by atomic mass is 16.5. The highest BCUT2D eigenvalue weighted by Crippen LogP contribution is 2.14. The van der Waals surface area contributed by atoms with E-state index in [1.165, 1.54) is 0 Å². The molecule has 3 N–H and O–H groups in total. The van der Waals surface area contributed by atoms with Crippen LogP contribution in [0.25, 0.3) is 0 Å². The van der Waals surface area contributed by atoms with Gasteiger partial charge in [0.25, 0.3) is 0 Å². The number of imide groups is 1. The minimum atomic E-state index is -0.841. The number of ether oxygens (including phenoxy) is 1. The average Bonchev–Trinajstić information content (AvgIpc) is 2.37. The third-order valence-electron chi connectivity index (χ3n) is 2.85. The number of methoxy groups -OCH3 is 1. The summed E-state index contributed by atoms with van der Waals surface area (Å²) in [6.07, 6.45) is 0. The first kappa shape index (κ1) is 15.0. The maximum absolute atomic E-state index is 11.6. The molecule has 3 amide bonds. The summed E-state index contributed by atoms with van der Waals surface area (Å²) in [5.74, 6) is 0.345. The van der Waals surface area contributed by atoms with Crippen molar-refractivity contribution in [3.63, 3.8) is 0 Å². The van der Waals surface area contributed by atoms with Gasteiger partial charge in [-0.05, 0) is 31.7 Å². The fourth-order valence-corrected chi connectivity index (χ4v) is 1.62. The van der Waals surface area contributed by atoms with Gasteiger partial charge in [-0.1, -0.05) is 12.1 Å². The van der Waals surface area contributed by atoms with Gasteiger partial charge < -0.3 is 10.5 Å². The highest BCUT2D eigenvalue weighted by molar-refractivity contribution is 5.96. The first-order chi connectivity index (χ1) is 8.93. The molecular weight excluding hydrogens is 246 g/mol. The topological polar surface area (TPSA) is 84.7 Å². The first-order valence-electron chi connectivity index (χ1n) is 5.87. The molecule has 1 unspecified atom stereocenters. The summed E-state index contributed by atoms with van der Waals surface area (Å²) < 4.78 is 5.14. The molecule has 0 aromatic heterocycles. The molecule has 0 aliphatic heterocycles. The van der Waals surface area contributed by atoms with Gasteiger partial charge in [0, 0.05) is 6.54 Å². The standard InChI is InChI=1S/C13H19N3O3/c1-9(12(17)15-13(14)18)16(2)8-10-5-4-6-11(7-10)19-3/h4-7,9H,8H2,1-3H3,(H3,14,15,17,18). The Morgan fingerprint density at radius 2 is 2.16 bits per heavy atom. The van der Waals surface area contributed by atoms with Crippen LogP contribution < -0.4 is 15.8 Å². The monoisotopic (exact) mass is 265 g/mol. The van der Waals surface area contributed by atoms with E-state index in [-0.39, 0.29) is 0 Å². The van der Waals surface area contributed by atoms with E-state index in [4.69, 9.17) is 10.5 Å². The van der Waals surface area contributed by atoms with E-state index in [1.807, 2.05) is 29.2 Å². The van der Waals surface area contributed by atoms with Gasteiger partial charge in [-0.15, -0.1) is 0 Å². The Balaban J connectivity index is 2.65. The number of rotatable bonds is 5. The third-order valence-corrected chi connectivity index (χ3v) is 2.85. The Hall–Kier alpha value is -2.08. The van der Waals surface area contributed by atoms with Gasteiger partial charge >= 0.3 is 6.03 Å². The molecule has 6 heteroatoms. The quantitative estimate of drug-likeness (QED) is 0.821. The van der Waals surface area contributed by atoms with Crippen LogP contribution >= 0.6 is 0 Å². The van der Waals surface area contributed by atoms with Crippen molar-refractivity contribution in [3.8, 4) is 5.75 Å². The molecule has 1 atom stereocenters. The fraction of sp³-hybridized carbons (Fsp3) is 0.385. The van der Waals surface area contributed by atoms with Crippen molar-refractivity contribution in [2.24, 2.45) is 5.73 Å². The number of hydrogen-bond donors (Lipinski definition) is 2. The Morgan fingerprint density at radius 3 is 2.74 bits per heavy atom. The van der Waals surface area contributed by atoms with Crippen molar-refractivity contribution in [2.75, 3.05) is 14.2 Å². The molecule has 0 aliphatic rings. The molecule has 0 radical (unpaired) electrons. The molecule has 1 rings (SSSR count). The number of nitrogens with one attached hydrogen (secondary N) is 1. The molecule has 1 aromatic carbocycles. The second-order valence-corrected chi connectivity index (χ2v) is 4.30. The van der Waals surface area contributed by atoms with Crippen molar-refractivity contribution in [1.29, 1.82) is 0 Å². The number of amides is 3. The third kappa shape index (κ3) is 4.59. The van der Waals surface area contributed by atoms with Gasteiger partial charge in [0.15, 0.2) is 0 Å². The number of likely N-dealkylation sites (N-methyl/N-ethyl adjacent to an activating group) is 1. The smallest absolute Gasteiger partial charge is 0.318 e. The van der Waals surface area contributed by atoms with Crippen LogP contribution in [0.15, 0.2) is 24.3 Å². The maximum Gasteiger partial charge on any atom is 0.318 e. The molecule has 0 bridgehead atoms. The number of carbonyl (C=O) groups is 2. The number of hydrogen-bond acceptors (Lipinski definition) is 4. The lowest BCUT2D eigenvalue weighted by Crippen LogP contribution is -2.46. The van der Waals surface area contributed by atoms with E-state index < -0.39 is 18.0 Å². The SMILES string of the molecule is COc1cccc(CN(C)C(C)C(=O)NC(N)=O)c1. The zero-order valence-electron chi connectivity index (χ0n) is 11.3. The van der Waals surface area contributed by atoms with Crippen LogP contribution in [0.1, 0.15) is 12.5 Å². The molecule has 0 spiro atoms. The summed E-state index contributed by atoms with van der Waals surface area (Å²) in [4.78, 5) is 24.1. The fourth-order valence-electron chi connectivity index (χ4n) is 1.62. The molecule has 0 fully saturated rings. The zero-order valence-corrected chi connectivity index (χ0v) is 11.3. The van der Waals surface area contributed by atoms with Gasteiger partial charge in [-0.25, -0.2) is 4.79 Å². The molecule has 0 aliphatic carbocycles. The van der Waals surface area contributed by atoms with E-state index in [9.17, 15) is 9.59 Å². The van der Waals surface area contributed by atoms with E-state index in [0.717, 1.165) is 11.3 Å². The Bertz CT molecular complexity index is 462. The van der Waals surface area contributed by atoms with E-state index in [0.29, 0.717) is 6.54 Å². The van der Waals surface area contributed by atoms with Crippen molar-refractivity contribution in [2.45, 2.75) is 19.5 Å². The van der Waals surface area contributed by atoms with Gasteiger partial charge in [-0.2, -0.15) is 0 Å². The lowest BCUT2D eigenvalue weighted by Gasteiger charge is -2.23. The summed E-state index contributed by atoms with van der Waals surface area (Å²) >= 11 is 0. The molecule has 19 heavy (non-hydrogen) atoms. The highest BCUT2D eigenvalue weighted by Gasteiger charge is 2.19. The van der Waals surface area contributed by atoms with Crippen LogP contribution in [0, 0.1) is 0 Å². The van der Waals surface area contributed by atoms with E-state index in [1.54, 1.807) is 21.1 Å². The zero-order chi connectivity index (χ0) is 14.4. The predicted octanol–water partition coefficient (Wildman–Crippen LogP) is 0.710. The first-order valence-corrected chi connectivity index (χ1v) is 5.87. The van der Waals surface area contributed by atoms with E-state index in [2.05, 4.69) is 5.32 Å². The van der Waals surface area contributed by atoms with Crippen molar-refractivity contribution < 1.29 is 14.3 Å². The lowest BCUT2D eigenvalue weighted by atomic mass is 10.2. The number of carbonyl (C=O) groups excluding carboxylic acids is 2. The number of benzene rings is 1. The molecule has 6 nitrogen and oxygen atoms in total. The second kappa shape index (κ2) is 6.75. The summed E-state index contributed by atoms with van der Waals surface area (Å²) in [6, 6.07) is 6.28. The molecule has 0 heterocycles. The largest absolute Gasteiger partial charge is 0.497 e. The Labute approximate surface area is 112 Å². The van der Waals surface area contributed by atoms with Gasteiger partial charge in [0.2, 0.25) is 5.91 Å². The van der Waals surface area contributed by atoms with Crippen LogP contribution in [0.3, 0.4) is 0 Å². The van der Waals surface area contributed by atoms with Crippen LogP contribution in [0.2, 0.25) is 0 Å². The normalized spacial score (nSPS) is 12.0. The van der Waals surface area contributed by atoms with Crippen LogP contribution in [0.4, 0.5) is 4.79 Å². The molecule has 1 aromatic rings. The van der Waals surface area contributed by atoms with Gasteiger partial charge in [-0.3, -0.25) is 15.0 Å². The number of nitrogens with two attached hydrogens (primary N) is 1. The minimum absolute atomic E-state index is 0.419. The van der Waals surface area contributed by atoms with Crippen LogP contribution in [-0.4, -0.2) is 37.0 Å². The molecular formula is C13H19N3O3. The predicted molar refractivity (Wildman–Crippen MR) is 71.6 cm³/mol. The summed E-state index contributed by atoms with van der Waals surface area (Å²) in [6.45, 7) is 2.27. The summed E-state index contributed by atoms with van der Waals surface area (Å²) in [5, 5.41) is 2.07. The minimum Gasteiger partial charge on any atom is -0.497 e. The van der Waals surface area contributed by atoms with E-state index >= 15 is 0 Å². The Morgan fingerprint density at radius 1 is 1.47 bits per heavy atom. The lowest BCUT2D eigenvalue weighted by molar-refractivity contribution is -0.124. The molecule has 104 valence electrons. The number of urea groups is 1. The molecule has 0 saturated heterocycles.